The molecule has 7 nitrogen and oxygen atoms in total. The number of amides is 1. The van der Waals surface area contributed by atoms with E-state index in [1.165, 1.54) is 11.1 Å². The van der Waals surface area contributed by atoms with E-state index in [1.54, 1.807) is 6.20 Å². The van der Waals surface area contributed by atoms with Gasteiger partial charge in [0.2, 0.25) is 5.95 Å². The first-order valence-corrected chi connectivity index (χ1v) is 10.1. The third-order valence-electron chi connectivity index (χ3n) is 5.47. The van der Waals surface area contributed by atoms with Crippen molar-refractivity contribution in [2.75, 3.05) is 23.3 Å². The van der Waals surface area contributed by atoms with Crippen molar-refractivity contribution in [2.24, 2.45) is 0 Å². The first kappa shape index (κ1) is 19.8. The Labute approximate surface area is 176 Å². The average Bonchev–Trinajstić information content (AvgIpc) is 3.15. The predicted octanol–water partition coefficient (Wildman–Crippen LogP) is 4.06. The Morgan fingerprint density at radius 1 is 1.13 bits per heavy atom. The highest BCUT2D eigenvalue weighted by Crippen LogP contribution is 2.29. The summed E-state index contributed by atoms with van der Waals surface area (Å²) in [6.45, 7) is 9.60. The highest BCUT2D eigenvalue weighted by Gasteiger charge is 2.21. The van der Waals surface area contributed by atoms with E-state index in [1.807, 2.05) is 39.0 Å². The number of aromatic nitrogens is 4. The van der Waals surface area contributed by atoms with Crippen molar-refractivity contribution in [2.45, 2.75) is 34.1 Å². The van der Waals surface area contributed by atoms with Crippen molar-refractivity contribution in [3.8, 4) is 0 Å². The molecule has 0 aliphatic carbocycles. The third-order valence-corrected chi connectivity index (χ3v) is 5.47. The molecule has 3 heterocycles. The molecule has 154 valence electrons. The lowest BCUT2D eigenvalue weighted by Gasteiger charge is -2.29. The summed E-state index contributed by atoms with van der Waals surface area (Å²) in [6.07, 6.45) is 2.60. The van der Waals surface area contributed by atoms with Gasteiger partial charge in [0.1, 0.15) is 5.82 Å². The minimum absolute atomic E-state index is 0.146. The molecule has 1 aliphatic rings. The number of pyridine rings is 1. The zero-order valence-electron chi connectivity index (χ0n) is 17.8. The number of hydrogen-bond acceptors (Lipinski definition) is 5. The number of carbonyl (C=O) groups is 1. The van der Waals surface area contributed by atoms with E-state index in [0.717, 1.165) is 53.8 Å². The smallest absolute Gasteiger partial charge is 0.257 e. The monoisotopic (exact) mass is 402 g/mol. The number of anilines is 2. The molecule has 1 amide bonds. The van der Waals surface area contributed by atoms with Gasteiger partial charge in [-0.2, -0.15) is 4.98 Å². The minimum atomic E-state index is -0.146. The molecule has 2 aromatic heterocycles. The molecule has 0 bridgehead atoms. The molecular formula is C23H26N6O. The van der Waals surface area contributed by atoms with Crippen LogP contribution >= 0.6 is 0 Å². The summed E-state index contributed by atoms with van der Waals surface area (Å²) in [7, 11) is 0. The van der Waals surface area contributed by atoms with Gasteiger partial charge in [0, 0.05) is 30.7 Å². The summed E-state index contributed by atoms with van der Waals surface area (Å²) in [5.74, 6) is 1.41. The van der Waals surface area contributed by atoms with Crippen LogP contribution in [0.25, 0.3) is 5.57 Å². The van der Waals surface area contributed by atoms with Crippen molar-refractivity contribution >= 4 is 23.1 Å². The van der Waals surface area contributed by atoms with Crippen LogP contribution in [0.4, 0.5) is 11.6 Å². The van der Waals surface area contributed by atoms with E-state index in [-0.39, 0.29) is 5.91 Å². The quantitative estimate of drug-likeness (QED) is 0.687. The second kappa shape index (κ2) is 8.10. The minimum Gasteiger partial charge on any atom is -0.335 e. The van der Waals surface area contributed by atoms with Crippen LogP contribution in [0.5, 0.6) is 0 Å². The Bertz CT molecular complexity index is 1110. The summed E-state index contributed by atoms with van der Waals surface area (Å²) in [5, 5.41) is 10.2. The summed E-state index contributed by atoms with van der Waals surface area (Å²) in [4.78, 5) is 23.5. The first-order valence-electron chi connectivity index (χ1n) is 10.1. The van der Waals surface area contributed by atoms with Gasteiger partial charge in [-0.25, -0.2) is 0 Å². The molecule has 0 atom stereocenters. The lowest BCUT2D eigenvalue weighted by atomic mass is 9.95. The van der Waals surface area contributed by atoms with Gasteiger partial charge < -0.3 is 10.2 Å². The molecular weight excluding hydrogens is 376 g/mol. The number of benzene rings is 1. The van der Waals surface area contributed by atoms with Gasteiger partial charge in [-0.3, -0.25) is 14.9 Å². The van der Waals surface area contributed by atoms with Crippen molar-refractivity contribution in [3.05, 3.63) is 70.3 Å². The molecule has 0 unspecified atom stereocenters. The number of aromatic amines is 1. The van der Waals surface area contributed by atoms with Gasteiger partial charge >= 0.3 is 0 Å². The fourth-order valence-electron chi connectivity index (χ4n) is 3.73. The standard InChI is InChI=1S/C23H26N6O/c1-14-9-10-29(23-25-17(4)27-28-23)13-21(14)18-5-7-19(8-6-18)26-22(30)20-12-24-16(3)11-15(20)2/h5-8,11-12H,9-10,13H2,1-4H3,(H,26,30)(H,25,27,28). The maximum atomic E-state index is 12.6. The molecule has 0 spiro atoms. The van der Waals surface area contributed by atoms with Gasteiger partial charge in [0.05, 0.1) is 5.56 Å². The Kier molecular flexibility index (Phi) is 5.35. The Morgan fingerprint density at radius 2 is 1.90 bits per heavy atom. The van der Waals surface area contributed by atoms with E-state index in [4.69, 9.17) is 0 Å². The van der Waals surface area contributed by atoms with Crippen LogP contribution in [0.2, 0.25) is 0 Å². The molecule has 3 aromatic rings. The van der Waals surface area contributed by atoms with Crippen LogP contribution in [0, 0.1) is 20.8 Å². The maximum absolute atomic E-state index is 12.6. The second-order valence-electron chi connectivity index (χ2n) is 7.82. The fourth-order valence-corrected chi connectivity index (χ4v) is 3.73. The number of nitrogens with zero attached hydrogens (tertiary/aromatic N) is 4. The van der Waals surface area contributed by atoms with Crippen molar-refractivity contribution in [1.29, 1.82) is 0 Å². The number of carbonyl (C=O) groups excluding carboxylic acids is 1. The number of H-pyrrole nitrogens is 1. The van der Waals surface area contributed by atoms with Crippen LogP contribution in [-0.4, -0.2) is 39.2 Å². The highest BCUT2D eigenvalue weighted by atomic mass is 16.1. The molecule has 0 fully saturated rings. The van der Waals surface area contributed by atoms with E-state index >= 15 is 0 Å². The van der Waals surface area contributed by atoms with Crippen LogP contribution in [0.15, 0.2) is 42.1 Å². The van der Waals surface area contributed by atoms with Crippen LogP contribution in [0.1, 0.15) is 46.3 Å². The summed E-state index contributed by atoms with van der Waals surface area (Å²) in [6, 6.07) is 9.92. The summed E-state index contributed by atoms with van der Waals surface area (Å²) in [5.41, 5.74) is 6.97. The SMILES string of the molecule is CC1=C(c2ccc(NC(=O)c3cnc(C)cc3C)cc2)CN(c2n[nH]c(C)n2)CC1. The van der Waals surface area contributed by atoms with Gasteiger partial charge in [0.15, 0.2) is 0 Å². The van der Waals surface area contributed by atoms with E-state index in [2.05, 4.69) is 49.4 Å². The molecule has 4 rings (SSSR count). The number of hydrogen-bond donors (Lipinski definition) is 2. The van der Waals surface area contributed by atoms with E-state index < -0.39 is 0 Å². The highest BCUT2D eigenvalue weighted by molar-refractivity contribution is 6.05. The van der Waals surface area contributed by atoms with Crippen LogP contribution in [-0.2, 0) is 0 Å². The number of nitrogens with one attached hydrogen (secondary N) is 2. The van der Waals surface area contributed by atoms with Crippen LogP contribution < -0.4 is 10.2 Å². The Hall–Kier alpha value is -3.48. The lowest BCUT2D eigenvalue weighted by molar-refractivity contribution is 0.102. The predicted molar refractivity (Wildman–Crippen MR) is 119 cm³/mol. The van der Waals surface area contributed by atoms with Gasteiger partial charge in [-0.1, -0.05) is 17.7 Å². The summed E-state index contributed by atoms with van der Waals surface area (Å²) >= 11 is 0. The molecule has 30 heavy (non-hydrogen) atoms. The van der Waals surface area contributed by atoms with Crippen molar-refractivity contribution < 1.29 is 4.79 Å². The van der Waals surface area contributed by atoms with Gasteiger partial charge in [0.25, 0.3) is 5.91 Å². The number of aryl methyl sites for hydroxylation is 3. The lowest BCUT2D eigenvalue weighted by Crippen LogP contribution is -2.31. The Morgan fingerprint density at radius 3 is 2.57 bits per heavy atom. The zero-order chi connectivity index (χ0) is 21.3. The molecule has 0 saturated carbocycles. The van der Waals surface area contributed by atoms with Crippen molar-refractivity contribution in [3.63, 3.8) is 0 Å². The summed E-state index contributed by atoms with van der Waals surface area (Å²) < 4.78 is 0. The zero-order valence-corrected chi connectivity index (χ0v) is 17.8. The molecule has 0 radical (unpaired) electrons. The largest absolute Gasteiger partial charge is 0.335 e. The third kappa shape index (κ3) is 4.10. The molecule has 0 saturated heterocycles. The topological polar surface area (TPSA) is 86.8 Å². The van der Waals surface area contributed by atoms with E-state index in [9.17, 15) is 4.79 Å². The second-order valence-corrected chi connectivity index (χ2v) is 7.82. The van der Waals surface area contributed by atoms with E-state index in [0.29, 0.717) is 5.56 Å². The molecule has 1 aromatic carbocycles. The molecule has 1 aliphatic heterocycles. The van der Waals surface area contributed by atoms with Crippen LogP contribution in [0.3, 0.4) is 0 Å². The van der Waals surface area contributed by atoms with Crippen molar-refractivity contribution in [1.82, 2.24) is 20.2 Å². The van der Waals surface area contributed by atoms with Gasteiger partial charge in [-0.05, 0) is 69.0 Å². The Balaban J connectivity index is 1.49. The fraction of sp³-hybridized carbons (Fsp3) is 0.304. The maximum Gasteiger partial charge on any atom is 0.257 e. The average molecular weight is 403 g/mol. The van der Waals surface area contributed by atoms with Gasteiger partial charge in [-0.15, -0.1) is 5.10 Å². The molecule has 2 N–H and O–H groups in total. The number of rotatable bonds is 4. The normalized spacial score (nSPS) is 14.2. The molecule has 7 heteroatoms. The first-order chi connectivity index (χ1) is 14.4.